The summed E-state index contributed by atoms with van der Waals surface area (Å²) in [4.78, 5) is 26.5. The van der Waals surface area contributed by atoms with Crippen LogP contribution in [0.3, 0.4) is 0 Å². The number of sulfonamides is 1. The van der Waals surface area contributed by atoms with E-state index in [2.05, 4.69) is 22.2 Å². The van der Waals surface area contributed by atoms with Gasteiger partial charge in [0.05, 0.1) is 24.1 Å². The Morgan fingerprint density at radius 3 is 2.35 bits per heavy atom. The van der Waals surface area contributed by atoms with Crippen molar-refractivity contribution in [2.45, 2.75) is 39.5 Å². The predicted octanol–water partition coefficient (Wildman–Crippen LogP) is 3.90. The lowest BCUT2D eigenvalue weighted by Gasteiger charge is -2.32. The summed E-state index contributed by atoms with van der Waals surface area (Å²) in [5.74, 6) is 0.888. The van der Waals surface area contributed by atoms with Gasteiger partial charge in [-0.3, -0.25) is 14.3 Å². The fourth-order valence-corrected chi connectivity index (χ4v) is 4.75. The highest BCUT2D eigenvalue weighted by atomic mass is 32.2. The second kappa shape index (κ2) is 11.4. The molecule has 0 aliphatic carbocycles. The molecule has 1 saturated heterocycles. The van der Waals surface area contributed by atoms with E-state index in [1.165, 1.54) is 24.6 Å². The Morgan fingerprint density at radius 1 is 1.09 bits per heavy atom. The average Bonchev–Trinajstić information content (AvgIpc) is 2.78. The van der Waals surface area contributed by atoms with Crippen LogP contribution in [-0.4, -0.2) is 51.1 Å². The number of piperidine rings is 1. The molecule has 0 radical (unpaired) electrons. The van der Waals surface area contributed by atoms with Crippen LogP contribution in [0.15, 0.2) is 42.5 Å². The van der Waals surface area contributed by atoms with Crippen molar-refractivity contribution in [3.05, 3.63) is 53.6 Å². The monoisotopic (exact) mass is 487 g/mol. The zero-order valence-electron chi connectivity index (χ0n) is 20.0. The normalized spacial score (nSPS) is 14.5. The summed E-state index contributed by atoms with van der Waals surface area (Å²) >= 11 is 0. The van der Waals surface area contributed by atoms with E-state index in [0.717, 1.165) is 37.7 Å². The summed E-state index contributed by atoms with van der Waals surface area (Å²) < 4.78 is 31.5. The number of carbonyl (C=O) groups is 2. The van der Waals surface area contributed by atoms with Crippen LogP contribution in [0.2, 0.25) is 0 Å². The maximum absolute atomic E-state index is 13.3. The van der Waals surface area contributed by atoms with Gasteiger partial charge in [-0.15, -0.1) is 0 Å². The van der Waals surface area contributed by atoms with Crippen LogP contribution in [0.1, 0.15) is 49.0 Å². The lowest BCUT2D eigenvalue weighted by molar-refractivity contribution is -0.114. The minimum Gasteiger partial charge on any atom is -0.494 e. The lowest BCUT2D eigenvalue weighted by Crippen LogP contribution is -2.39. The molecule has 8 nitrogen and oxygen atoms in total. The van der Waals surface area contributed by atoms with E-state index in [1.807, 2.05) is 19.1 Å². The van der Waals surface area contributed by atoms with Crippen molar-refractivity contribution in [2.75, 3.05) is 36.0 Å². The van der Waals surface area contributed by atoms with Crippen molar-refractivity contribution >= 4 is 33.2 Å². The first kappa shape index (κ1) is 25.6. The van der Waals surface area contributed by atoms with E-state index < -0.39 is 10.0 Å². The molecule has 1 aliphatic heterocycles. The number of hydrogen-bond donors (Lipinski definition) is 2. The molecule has 0 atom stereocenters. The van der Waals surface area contributed by atoms with Gasteiger partial charge in [0.1, 0.15) is 5.75 Å². The van der Waals surface area contributed by atoms with Crippen molar-refractivity contribution in [1.29, 1.82) is 0 Å². The SMILES string of the molecule is CCOc1ccc(CCC2CCN(C(=O)c3cc(NC(C)=O)ccc3NS(C)(=O)=O)CC2)cc1. The van der Waals surface area contributed by atoms with Crippen LogP contribution in [0.5, 0.6) is 5.75 Å². The quantitative estimate of drug-likeness (QED) is 0.558. The molecule has 9 heteroatoms. The first-order valence-corrected chi connectivity index (χ1v) is 13.4. The first-order chi connectivity index (χ1) is 16.1. The standard InChI is InChI=1S/C25H33N3O5S/c1-4-33-22-10-7-19(8-11-22)5-6-20-13-15-28(16-14-20)25(30)23-17-21(26-18(2)29)9-12-24(23)27-34(3,31)32/h7-12,17,20,27H,4-6,13-16H2,1-3H3,(H,26,29). The van der Waals surface area contributed by atoms with Gasteiger partial charge in [0, 0.05) is 25.7 Å². The number of nitrogens with one attached hydrogen (secondary N) is 2. The molecule has 1 aliphatic rings. The molecule has 3 rings (SSSR count). The van der Waals surface area contributed by atoms with Gasteiger partial charge in [-0.05, 0) is 74.4 Å². The molecule has 184 valence electrons. The smallest absolute Gasteiger partial charge is 0.256 e. The molecule has 0 aromatic heterocycles. The van der Waals surface area contributed by atoms with Crippen LogP contribution >= 0.6 is 0 Å². The predicted molar refractivity (Wildman–Crippen MR) is 134 cm³/mol. The fourth-order valence-electron chi connectivity index (χ4n) is 4.18. The summed E-state index contributed by atoms with van der Waals surface area (Å²) in [5.41, 5.74) is 2.15. The molecule has 0 bridgehead atoms. The fraction of sp³-hybridized carbons (Fsp3) is 0.440. The molecule has 0 saturated carbocycles. The zero-order chi connectivity index (χ0) is 24.7. The Labute approximate surface area is 201 Å². The molecule has 2 N–H and O–H groups in total. The minimum absolute atomic E-state index is 0.208. The number of rotatable bonds is 9. The molecule has 0 spiro atoms. The number of ether oxygens (including phenoxy) is 1. The minimum atomic E-state index is -3.56. The summed E-state index contributed by atoms with van der Waals surface area (Å²) in [6.07, 6.45) is 4.85. The third-order valence-corrected chi connectivity index (χ3v) is 6.43. The van der Waals surface area contributed by atoms with E-state index in [9.17, 15) is 18.0 Å². The molecule has 2 aromatic carbocycles. The number of nitrogens with zero attached hydrogens (tertiary/aromatic N) is 1. The Hall–Kier alpha value is -3.07. The highest BCUT2D eigenvalue weighted by Gasteiger charge is 2.26. The van der Waals surface area contributed by atoms with E-state index in [4.69, 9.17) is 4.74 Å². The number of benzene rings is 2. The Balaban J connectivity index is 1.62. The largest absolute Gasteiger partial charge is 0.494 e. The van der Waals surface area contributed by atoms with E-state index in [1.54, 1.807) is 11.0 Å². The molecular weight excluding hydrogens is 454 g/mol. The summed E-state index contributed by atoms with van der Waals surface area (Å²) in [6, 6.07) is 12.8. The van der Waals surface area contributed by atoms with Gasteiger partial charge in [0.15, 0.2) is 0 Å². The third kappa shape index (κ3) is 7.48. The maximum Gasteiger partial charge on any atom is 0.256 e. The van der Waals surface area contributed by atoms with E-state index in [0.29, 0.717) is 31.3 Å². The van der Waals surface area contributed by atoms with Gasteiger partial charge < -0.3 is 15.0 Å². The highest BCUT2D eigenvalue weighted by Crippen LogP contribution is 2.28. The van der Waals surface area contributed by atoms with E-state index in [-0.39, 0.29) is 23.1 Å². The molecule has 2 aromatic rings. The van der Waals surface area contributed by atoms with Crippen LogP contribution in [0.4, 0.5) is 11.4 Å². The van der Waals surface area contributed by atoms with Gasteiger partial charge in [-0.2, -0.15) is 0 Å². The Morgan fingerprint density at radius 2 is 1.76 bits per heavy atom. The van der Waals surface area contributed by atoms with Crippen molar-refractivity contribution in [3.8, 4) is 5.75 Å². The molecule has 34 heavy (non-hydrogen) atoms. The molecule has 1 heterocycles. The Kier molecular flexibility index (Phi) is 8.55. The summed E-state index contributed by atoms with van der Waals surface area (Å²) in [7, 11) is -3.56. The second-order valence-electron chi connectivity index (χ2n) is 8.67. The molecule has 1 fully saturated rings. The number of carbonyl (C=O) groups excluding carboxylic acids is 2. The summed E-state index contributed by atoms with van der Waals surface area (Å²) in [6.45, 7) is 5.21. The van der Waals surface area contributed by atoms with Gasteiger partial charge in [-0.1, -0.05) is 12.1 Å². The lowest BCUT2D eigenvalue weighted by atomic mass is 9.90. The van der Waals surface area contributed by atoms with Crippen LogP contribution < -0.4 is 14.8 Å². The second-order valence-corrected chi connectivity index (χ2v) is 10.4. The number of amides is 2. The molecule has 2 amide bonds. The Bertz CT molecular complexity index is 1110. The van der Waals surface area contributed by atoms with Crippen molar-refractivity contribution in [3.63, 3.8) is 0 Å². The van der Waals surface area contributed by atoms with Crippen LogP contribution in [-0.2, 0) is 21.2 Å². The number of aryl methyl sites for hydroxylation is 1. The highest BCUT2D eigenvalue weighted by molar-refractivity contribution is 7.92. The van der Waals surface area contributed by atoms with E-state index >= 15 is 0 Å². The van der Waals surface area contributed by atoms with Gasteiger partial charge in [0.2, 0.25) is 15.9 Å². The van der Waals surface area contributed by atoms with Gasteiger partial charge in [0.25, 0.3) is 5.91 Å². The topological polar surface area (TPSA) is 105 Å². The van der Waals surface area contributed by atoms with Crippen molar-refractivity contribution in [2.24, 2.45) is 5.92 Å². The summed E-state index contributed by atoms with van der Waals surface area (Å²) in [5, 5.41) is 2.65. The van der Waals surface area contributed by atoms with Gasteiger partial charge in [-0.25, -0.2) is 8.42 Å². The first-order valence-electron chi connectivity index (χ1n) is 11.5. The maximum atomic E-state index is 13.3. The van der Waals surface area contributed by atoms with Crippen molar-refractivity contribution < 1.29 is 22.7 Å². The average molecular weight is 488 g/mol. The molecule has 0 unspecified atom stereocenters. The third-order valence-electron chi connectivity index (χ3n) is 5.84. The van der Waals surface area contributed by atoms with Crippen molar-refractivity contribution in [1.82, 2.24) is 4.90 Å². The zero-order valence-corrected chi connectivity index (χ0v) is 20.8. The van der Waals surface area contributed by atoms with Gasteiger partial charge >= 0.3 is 0 Å². The number of likely N-dealkylation sites (tertiary alicyclic amines) is 1. The number of anilines is 2. The van der Waals surface area contributed by atoms with Crippen LogP contribution in [0, 0.1) is 5.92 Å². The molecular formula is C25H33N3O5S. The number of hydrogen-bond acceptors (Lipinski definition) is 5. The van der Waals surface area contributed by atoms with Crippen LogP contribution in [0.25, 0.3) is 0 Å².